The third kappa shape index (κ3) is 4.69. The van der Waals surface area contributed by atoms with E-state index in [9.17, 15) is 0 Å². The van der Waals surface area contributed by atoms with E-state index in [1.54, 1.807) is 12.1 Å². The number of nitrogens with zero attached hydrogens (tertiary/aromatic N) is 4. The Hall–Kier alpha value is -2.61. The maximum atomic E-state index is 9.03. The van der Waals surface area contributed by atoms with Gasteiger partial charge in [0.15, 0.2) is 0 Å². The van der Waals surface area contributed by atoms with Crippen LogP contribution in [0.2, 0.25) is 0 Å². The molecule has 0 bridgehead atoms. The van der Waals surface area contributed by atoms with E-state index in [2.05, 4.69) is 53.1 Å². The van der Waals surface area contributed by atoms with E-state index >= 15 is 0 Å². The molecule has 0 saturated heterocycles. The molecule has 1 aromatic carbocycles. The molecule has 0 aliphatic heterocycles. The Bertz CT molecular complexity index is 701. The quantitative estimate of drug-likeness (QED) is 0.785. The average molecular weight is 323 g/mol. The highest BCUT2D eigenvalue weighted by molar-refractivity contribution is 5.58. The summed E-state index contributed by atoms with van der Waals surface area (Å²) >= 11 is 0. The maximum absolute atomic E-state index is 9.03. The van der Waals surface area contributed by atoms with Gasteiger partial charge in [-0.1, -0.05) is 19.4 Å². The third-order valence-corrected chi connectivity index (χ3v) is 3.89. The molecular formula is C19H25N5. The molecule has 1 N–H and O–H groups in total. The fraction of sp³-hybridized carbons (Fsp3) is 0.421. The zero-order valence-corrected chi connectivity index (χ0v) is 14.7. The van der Waals surface area contributed by atoms with Crippen molar-refractivity contribution in [1.29, 1.82) is 5.26 Å². The van der Waals surface area contributed by atoms with Gasteiger partial charge in [-0.3, -0.25) is 0 Å². The smallest absolute Gasteiger partial charge is 0.229 e. The normalized spacial score (nSPS) is 10.2. The number of nitrogens with one attached hydrogen (secondary N) is 1. The number of aryl methyl sites for hydroxylation is 1. The Morgan fingerprint density at radius 2 is 1.92 bits per heavy atom. The van der Waals surface area contributed by atoms with E-state index in [0.29, 0.717) is 11.5 Å². The Balaban J connectivity index is 2.32. The van der Waals surface area contributed by atoms with Crippen LogP contribution in [-0.4, -0.2) is 23.1 Å². The van der Waals surface area contributed by atoms with Crippen LogP contribution in [0.15, 0.2) is 30.3 Å². The van der Waals surface area contributed by atoms with Gasteiger partial charge in [0.25, 0.3) is 0 Å². The summed E-state index contributed by atoms with van der Waals surface area (Å²) in [6.45, 7) is 8.24. The molecule has 24 heavy (non-hydrogen) atoms. The monoisotopic (exact) mass is 323 g/mol. The van der Waals surface area contributed by atoms with Gasteiger partial charge in [-0.2, -0.15) is 10.2 Å². The molecule has 0 fully saturated rings. The number of anilines is 3. The van der Waals surface area contributed by atoms with Gasteiger partial charge in [-0.25, -0.2) is 4.98 Å². The molecule has 0 aliphatic carbocycles. The topological polar surface area (TPSA) is 64.8 Å². The van der Waals surface area contributed by atoms with Crippen LogP contribution in [0.25, 0.3) is 0 Å². The highest BCUT2D eigenvalue weighted by Gasteiger charge is 2.10. The van der Waals surface area contributed by atoms with E-state index in [1.165, 1.54) is 0 Å². The molecule has 0 unspecified atom stereocenters. The fourth-order valence-corrected chi connectivity index (χ4v) is 2.53. The Morgan fingerprint density at radius 3 is 2.58 bits per heavy atom. The molecule has 0 aliphatic rings. The third-order valence-electron chi connectivity index (χ3n) is 3.89. The summed E-state index contributed by atoms with van der Waals surface area (Å²) in [6, 6.07) is 11.6. The Labute approximate surface area is 144 Å². The summed E-state index contributed by atoms with van der Waals surface area (Å²) in [4.78, 5) is 11.5. The van der Waals surface area contributed by atoms with Crippen molar-refractivity contribution in [3.8, 4) is 6.07 Å². The molecule has 2 aromatic rings. The van der Waals surface area contributed by atoms with Crippen LogP contribution < -0.4 is 10.2 Å². The first kappa shape index (κ1) is 17.7. The zero-order chi connectivity index (χ0) is 17.4. The van der Waals surface area contributed by atoms with Crippen LogP contribution in [0.1, 0.15) is 44.9 Å². The molecule has 126 valence electrons. The molecular weight excluding hydrogens is 298 g/mol. The lowest BCUT2D eigenvalue weighted by Gasteiger charge is -2.21. The van der Waals surface area contributed by atoms with Gasteiger partial charge in [0.1, 0.15) is 5.82 Å². The number of nitriles is 1. The molecule has 0 radical (unpaired) electrons. The van der Waals surface area contributed by atoms with Crippen molar-refractivity contribution in [3.63, 3.8) is 0 Å². The van der Waals surface area contributed by atoms with Gasteiger partial charge in [-0.05, 0) is 44.9 Å². The van der Waals surface area contributed by atoms with Crippen molar-refractivity contribution in [3.05, 3.63) is 41.6 Å². The van der Waals surface area contributed by atoms with E-state index in [1.807, 2.05) is 12.1 Å². The first-order valence-corrected chi connectivity index (χ1v) is 8.60. The Kier molecular flexibility index (Phi) is 6.56. The first-order chi connectivity index (χ1) is 11.7. The van der Waals surface area contributed by atoms with Crippen LogP contribution >= 0.6 is 0 Å². The lowest BCUT2D eigenvalue weighted by molar-refractivity contribution is 0.768. The first-order valence-electron chi connectivity index (χ1n) is 8.60. The maximum Gasteiger partial charge on any atom is 0.229 e. The highest BCUT2D eigenvalue weighted by Crippen LogP contribution is 2.20. The molecule has 1 aromatic heterocycles. The van der Waals surface area contributed by atoms with Crippen LogP contribution in [0.5, 0.6) is 0 Å². The van der Waals surface area contributed by atoms with Crippen molar-refractivity contribution >= 4 is 17.5 Å². The highest BCUT2D eigenvalue weighted by atomic mass is 15.2. The summed E-state index contributed by atoms with van der Waals surface area (Å²) < 4.78 is 0. The van der Waals surface area contributed by atoms with Gasteiger partial charge in [0.2, 0.25) is 5.95 Å². The number of rotatable bonds is 8. The van der Waals surface area contributed by atoms with E-state index in [0.717, 1.165) is 49.6 Å². The number of hydrogen-bond acceptors (Lipinski definition) is 5. The molecule has 5 heteroatoms. The second-order valence-corrected chi connectivity index (χ2v) is 5.63. The molecule has 2 rings (SSSR count). The van der Waals surface area contributed by atoms with Crippen LogP contribution in [0, 0.1) is 11.3 Å². The minimum atomic E-state index is 0.584. The average Bonchev–Trinajstić information content (AvgIpc) is 2.61. The summed E-state index contributed by atoms with van der Waals surface area (Å²) in [5.41, 5.74) is 2.49. The van der Waals surface area contributed by atoms with Gasteiger partial charge >= 0.3 is 0 Å². The summed E-state index contributed by atoms with van der Waals surface area (Å²) in [5, 5.41) is 12.3. The van der Waals surface area contributed by atoms with E-state index in [4.69, 9.17) is 5.26 Å². The minimum absolute atomic E-state index is 0.584. The lowest BCUT2D eigenvalue weighted by atomic mass is 10.2. The van der Waals surface area contributed by atoms with Crippen molar-refractivity contribution in [2.24, 2.45) is 0 Å². The van der Waals surface area contributed by atoms with Crippen molar-refractivity contribution in [1.82, 2.24) is 9.97 Å². The molecule has 5 nitrogen and oxygen atoms in total. The van der Waals surface area contributed by atoms with Crippen LogP contribution in [-0.2, 0) is 6.42 Å². The zero-order valence-electron chi connectivity index (χ0n) is 14.7. The predicted molar refractivity (Wildman–Crippen MR) is 98.6 cm³/mol. The van der Waals surface area contributed by atoms with Crippen LogP contribution in [0.3, 0.4) is 0 Å². The van der Waals surface area contributed by atoms with E-state index < -0.39 is 0 Å². The largest absolute Gasteiger partial charge is 0.357 e. The second kappa shape index (κ2) is 8.88. The summed E-state index contributed by atoms with van der Waals surface area (Å²) in [6.07, 6.45) is 3.19. The van der Waals surface area contributed by atoms with Gasteiger partial charge in [0, 0.05) is 30.5 Å². The Morgan fingerprint density at radius 1 is 1.12 bits per heavy atom. The van der Waals surface area contributed by atoms with Crippen molar-refractivity contribution in [2.45, 2.75) is 40.0 Å². The van der Waals surface area contributed by atoms with Gasteiger partial charge < -0.3 is 10.2 Å². The molecule has 0 saturated carbocycles. The molecule has 0 spiro atoms. The predicted octanol–water partition coefficient (Wildman–Crippen LogP) is 4.28. The molecule has 0 atom stereocenters. The summed E-state index contributed by atoms with van der Waals surface area (Å²) in [7, 11) is 0. The number of aromatic nitrogens is 2. The molecule has 1 heterocycles. The van der Waals surface area contributed by atoms with Crippen LogP contribution in [0.4, 0.5) is 17.5 Å². The number of hydrogen-bond donors (Lipinski definition) is 1. The molecule has 0 amide bonds. The van der Waals surface area contributed by atoms with E-state index in [-0.39, 0.29) is 0 Å². The number of unbranched alkanes of at least 4 members (excludes halogenated alkanes) is 1. The van der Waals surface area contributed by atoms with Gasteiger partial charge in [0.05, 0.1) is 11.6 Å². The lowest BCUT2D eigenvalue weighted by Crippen LogP contribution is -2.23. The van der Waals surface area contributed by atoms with Crippen molar-refractivity contribution < 1.29 is 0 Å². The standard InChI is InChI=1S/C19H25N5/c1-4-7-10-17-13-18(24(5-2)6-3)23-19(22-17)21-16-11-8-9-15(12-16)14-20/h8-9,11-13H,4-7,10H2,1-3H3,(H,21,22,23). The van der Waals surface area contributed by atoms with Gasteiger partial charge in [-0.15, -0.1) is 0 Å². The minimum Gasteiger partial charge on any atom is -0.357 e. The SMILES string of the molecule is CCCCc1cc(N(CC)CC)nc(Nc2cccc(C#N)c2)n1. The fourth-order valence-electron chi connectivity index (χ4n) is 2.53. The second-order valence-electron chi connectivity index (χ2n) is 5.63. The summed E-state index contributed by atoms with van der Waals surface area (Å²) in [5.74, 6) is 1.53. The number of benzene rings is 1. The van der Waals surface area contributed by atoms with Crippen molar-refractivity contribution in [2.75, 3.05) is 23.3 Å².